The molecule has 2 unspecified atom stereocenters. The number of carbonyl (C=O) groups excluding carboxylic acids is 4. The summed E-state index contributed by atoms with van der Waals surface area (Å²) in [6, 6.07) is 17.8. The minimum Gasteiger partial charge on any atom is -0.495 e. The van der Waals surface area contributed by atoms with E-state index in [2.05, 4.69) is 10.6 Å². The second-order valence-corrected chi connectivity index (χ2v) is 10.0. The van der Waals surface area contributed by atoms with Crippen LogP contribution in [-0.2, 0) is 25.5 Å². The molecule has 3 aromatic carbocycles. The van der Waals surface area contributed by atoms with Crippen LogP contribution in [0, 0.1) is 6.92 Å². The normalized spacial score (nSPS) is 15.2. The van der Waals surface area contributed by atoms with Crippen molar-refractivity contribution in [3.63, 3.8) is 0 Å². The number of hydrogen-bond acceptors (Lipinski definition) is 9. The summed E-state index contributed by atoms with van der Waals surface area (Å²) in [7, 11) is 2.78. The maximum atomic E-state index is 13.5. The first-order valence-corrected chi connectivity index (χ1v) is 13.8. The molecule has 0 radical (unpaired) electrons. The summed E-state index contributed by atoms with van der Waals surface area (Å²) in [5.41, 5.74) is 3.11. The highest BCUT2D eigenvalue weighted by molar-refractivity contribution is 6.01. The van der Waals surface area contributed by atoms with Crippen molar-refractivity contribution in [1.82, 2.24) is 4.90 Å². The summed E-state index contributed by atoms with van der Waals surface area (Å²) in [5.74, 6) is -0.367. The van der Waals surface area contributed by atoms with Crippen LogP contribution in [0.25, 0.3) is 0 Å². The minimum absolute atomic E-state index is 0.0839. The third-order valence-corrected chi connectivity index (χ3v) is 7.00. The van der Waals surface area contributed by atoms with E-state index < -0.39 is 30.4 Å². The van der Waals surface area contributed by atoms with E-state index in [-0.39, 0.29) is 12.2 Å². The number of methoxy groups -OCH3 is 2. The Bertz CT molecular complexity index is 1470. The van der Waals surface area contributed by atoms with Crippen molar-refractivity contribution in [3.8, 4) is 11.5 Å². The first-order valence-electron chi connectivity index (χ1n) is 13.8. The van der Waals surface area contributed by atoms with E-state index >= 15 is 0 Å². The average molecular weight is 590 g/mol. The summed E-state index contributed by atoms with van der Waals surface area (Å²) >= 11 is 0. The second kappa shape index (κ2) is 14.3. The summed E-state index contributed by atoms with van der Waals surface area (Å²) in [6.07, 6.45) is 0.233. The number of ketones is 1. The van der Waals surface area contributed by atoms with Crippen LogP contribution in [0.4, 0.5) is 16.2 Å². The molecular formula is C32H35N3O8. The van der Waals surface area contributed by atoms with Gasteiger partial charge in [0.15, 0.2) is 5.78 Å². The fourth-order valence-corrected chi connectivity index (χ4v) is 4.85. The van der Waals surface area contributed by atoms with E-state index in [1.807, 2.05) is 31.2 Å². The Hall–Kier alpha value is -4.90. The van der Waals surface area contributed by atoms with Gasteiger partial charge in [0.05, 0.1) is 31.5 Å². The number of hydrogen-bond donors (Lipinski definition) is 2. The van der Waals surface area contributed by atoms with Crippen molar-refractivity contribution in [2.24, 2.45) is 0 Å². The second-order valence-electron chi connectivity index (χ2n) is 10.0. The Balaban J connectivity index is 1.43. The molecule has 2 atom stereocenters. The topological polar surface area (TPSA) is 132 Å². The van der Waals surface area contributed by atoms with Gasteiger partial charge in [0.1, 0.15) is 11.5 Å². The Morgan fingerprint density at radius 2 is 1.67 bits per heavy atom. The van der Waals surface area contributed by atoms with Crippen LogP contribution >= 0.6 is 0 Å². The van der Waals surface area contributed by atoms with Crippen LogP contribution in [0.15, 0.2) is 66.7 Å². The highest BCUT2D eigenvalue weighted by Gasteiger charge is 2.38. The maximum Gasteiger partial charge on any atom is 0.337 e. The molecule has 1 aliphatic rings. The monoisotopic (exact) mass is 589 g/mol. The van der Waals surface area contributed by atoms with Crippen molar-refractivity contribution in [1.29, 1.82) is 0 Å². The van der Waals surface area contributed by atoms with E-state index in [4.69, 9.17) is 18.9 Å². The third kappa shape index (κ3) is 8.10. The lowest BCUT2D eigenvalue weighted by Crippen LogP contribution is -2.48. The smallest absolute Gasteiger partial charge is 0.337 e. The Morgan fingerprint density at radius 3 is 2.35 bits per heavy atom. The van der Waals surface area contributed by atoms with Crippen LogP contribution in [0.3, 0.4) is 0 Å². The summed E-state index contributed by atoms with van der Waals surface area (Å²) in [4.78, 5) is 51.5. The molecule has 43 heavy (non-hydrogen) atoms. The lowest BCUT2D eigenvalue weighted by molar-refractivity contribution is -0.194. The van der Waals surface area contributed by atoms with E-state index in [1.165, 1.54) is 33.3 Å². The van der Waals surface area contributed by atoms with E-state index in [1.54, 1.807) is 35.2 Å². The van der Waals surface area contributed by atoms with Gasteiger partial charge in [-0.3, -0.25) is 9.59 Å². The Morgan fingerprint density at radius 1 is 0.953 bits per heavy atom. The van der Waals surface area contributed by atoms with Gasteiger partial charge < -0.3 is 29.6 Å². The number of benzene rings is 3. The number of urea groups is 1. The van der Waals surface area contributed by atoms with Crippen molar-refractivity contribution in [3.05, 3.63) is 83.4 Å². The molecule has 1 fully saturated rings. The molecule has 1 saturated heterocycles. The number of rotatable bonds is 11. The molecule has 11 heteroatoms. The molecule has 0 aliphatic carbocycles. The number of Topliss-reactive ketones (excluding diaryl/α,β-unsaturated/α-hetero) is 1. The molecule has 0 bridgehead atoms. The molecule has 3 aromatic rings. The molecular weight excluding hydrogens is 554 g/mol. The number of aryl methyl sites for hydroxylation is 1. The number of carbonyl (C=O) groups is 4. The predicted molar refractivity (Wildman–Crippen MR) is 159 cm³/mol. The van der Waals surface area contributed by atoms with E-state index in [0.717, 1.165) is 5.56 Å². The van der Waals surface area contributed by atoms with Crippen molar-refractivity contribution >= 4 is 35.1 Å². The van der Waals surface area contributed by atoms with Gasteiger partial charge in [-0.25, -0.2) is 14.5 Å². The molecule has 1 heterocycles. The van der Waals surface area contributed by atoms with E-state index in [0.29, 0.717) is 53.4 Å². The van der Waals surface area contributed by atoms with Crippen LogP contribution in [0.5, 0.6) is 11.5 Å². The van der Waals surface area contributed by atoms with Crippen LogP contribution in [-0.4, -0.2) is 61.9 Å². The number of para-hydroxylation sites is 1. The molecule has 11 nitrogen and oxygen atoms in total. The van der Waals surface area contributed by atoms with Gasteiger partial charge in [-0.1, -0.05) is 24.3 Å². The molecule has 1 aliphatic heterocycles. The predicted octanol–water partition coefficient (Wildman–Crippen LogP) is 4.94. The molecule has 0 spiro atoms. The standard InChI is InChI=1S/C32H35N3O8/c1-20-8-5-6-9-25(20)33-31(39)34-26-16-11-22(19-29(26)40-3)18-28(37)27-10-7-17-35(27)32(42-21(2)36)43-24-14-12-23(13-15-24)30(38)41-4/h5-6,8-9,11-16,19,27,32H,7,10,17-18H2,1-4H3,(H2,33,34,39). The minimum atomic E-state index is -1.13. The highest BCUT2D eigenvalue weighted by Crippen LogP contribution is 2.29. The van der Waals surface area contributed by atoms with Gasteiger partial charge in [-0.2, -0.15) is 0 Å². The number of anilines is 2. The lowest BCUT2D eigenvalue weighted by atomic mass is 10.0. The fraction of sp³-hybridized carbons (Fsp3) is 0.312. The van der Waals surface area contributed by atoms with Gasteiger partial charge in [0.2, 0.25) is 0 Å². The largest absolute Gasteiger partial charge is 0.495 e. The summed E-state index contributed by atoms with van der Waals surface area (Å²) in [5, 5.41) is 5.61. The van der Waals surface area contributed by atoms with Gasteiger partial charge in [-0.15, -0.1) is 0 Å². The van der Waals surface area contributed by atoms with Crippen LogP contribution < -0.4 is 20.1 Å². The fourth-order valence-electron chi connectivity index (χ4n) is 4.85. The molecule has 226 valence electrons. The molecule has 2 N–H and O–H groups in total. The number of amides is 2. The van der Waals surface area contributed by atoms with E-state index in [9.17, 15) is 19.2 Å². The quantitative estimate of drug-likeness (QED) is 0.236. The first kappa shape index (κ1) is 31.0. The molecule has 4 rings (SSSR count). The van der Waals surface area contributed by atoms with Gasteiger partial charge >= 0.3 is 24.4 Å². The van der Waals surface area contributed by atoms with Crippen molar-refractivity contribution < 1.29 is 38.1 Å². The van der Waals surface area contributed by atoms with Crippen molar-refractivity contribution in [2.45, 2.75) is 45.6 Å². The number of ether oxygens (including phenoxy) is 4. The number of nitrogens with one attached hydrogen (secondary N) is 2. The third-order valence-electron chi connectivity index (χ3n) is 7.00. The average Bonchev–Trinajstić information content (AvgIpc) is 3.49. The lowest BCUT2D eigenvalue weighted by Gasteiger charge is -2.31. The summed E-state index contributed by atoms with van der Waals surface area (Å²) < 4.78 is 21.6. The molecule has 0 aromatic heterocycles. The molecule has 2 amide bonds. The highest BCUT2D eigenvalue weighted by atomic mass is 16.7. The van der Waals surface area contributed by atoms with Gasteiger partial charge in [0, 0.05) is 25.6 Å². The van der Waals surface area contributed by atoms with Crippen LogP contribution in [0.1, 0.15) is 41.3 Å². The Kier molecular flexibility index (Phi) is 10.3. The van der Waals surface area contributed by atoms with Gasteiger partial charge in [-0.05, 0) is 73.4 Å². The Labute approximate surface area is 250 Å². The van der Waals surface area contributed by atoms with Crippen LogP contribution in [0.2, 0.25) is 0 Å². The zero-order valence-electron chi connectivity index (χ0n) is 24.5. The SMILES string of the molecule is COC(=O)c1ccc(OC(OC(C)=O)N2CCCC2C(=O)Cc2ccc(NC(=O)Nc3ccccc3C)c(OC)c2)cc1. The first-order chi connectivity index (χ1) is 20.7. The van der Waals surface area contributed by atoms with Crippen molar-refractivity contribution in [2.75, 3.05) is 31.4 Å². The number of esters is 2. The zero-order valence-corrected chi connectivity index (χ0v) is 24.5. The number of likely N-dealkylation sites (tertiary alicyclic amines) is 1. The molecule has 0 saturated carbocycles. The van der Waals surface area contributed by atoms with Gasteiger partial charge in [0.25, 0.3) is 0 Å². The zero-order chi connectivity index (χ0) is 30.9. The summed E-state index contributed by atoms with van der Waals surface area (Å²) in [6.45, 7) is 3.65. The number of nitrogens with zero attached hydrogens (tertiary/aromatic N) is 1. The maximum absolute atomic E-state index is 13.5.